The summed E-state index contributed by atoms with van der Waals surface area (Å²) in [4.78, 5) is 11.3. The molecule has 1 N–H and O–H groups in total. The molecule has 2 heterocycles. The van der Waals surface area contributed by atoms with Crippen LogP contribution in [0.1, 0.15) is 39.1 Å². The van der Waals surface area contributed by atoms with Crippen molar-refractivity contribution in [3.63, 3.8) is 0 Å². The van der Waals surface area contributed by atoms with E-state index in [9.17, 15) is 5.26 Å². The summed E-state index contributed by atoms with van der Waals surface area (Å²) in [6, 6.07) is 15.0. The van der Waals surface area contributed by atoms with Crippen LogP contribution in [-0.4, -0.2) is 16.5 Å². The highest BCUT2D eigenvalue weighted by atomic mass is 15.2. The van der Waals surface area contributed by atoms with Crippen molar-refractivity contribution in [3.8, 4) is 6.07 Å². The number of hydrogen-bond acceptors (Lipinski definition) is 5. The molecule has 5 nitrogen and oxygen atoms in total. The Hall–Kier alpha value is -3.65. The van der Waals surface area contributed by atoms with E-state index in [2.05, 4.69) is 62.7 Å². The first kappa shape index (κ1) is 18.4. The lowest BCUT2D eigenvalue weighted by molar-refractivity contribution is 0.705. The standard InChI is InChI=1S/C25H23N5/c1-17-5-8-24(21(11-17)13-26)30-10-9-23-22(15-30)25(29-16-28-23)27-14-18-6-7-19-3-2-4-20(19)12-18/h2-3,5-8,11-12,16H,4,9-10,14-15H2,1H3,(H,27,28,29). The molecular weight excluding hydrogens is 370 g/mol. The number of nitrogens with zero attached hydrogens (tertiary/aromatic N) is 4. The molecule has 0 saturated heterocycles. The predicted molar refractivity (Wildman–Crippen MR) is 119 cm³/mol. The molecule has 1 aliphatic heterocycles. The maximum atomic E-state index is 9.58. The van der Waals surface area contributed by atoms with E-state index in [1.165, 1.54) is 16.7 Å². The highest BCUT2D eigenvalue weighted by molar-refractivity contribution is 5.63. The molecule has 0 saturated carbocycles. The second-order valence-corrected chi connectivity index (χ2v) is 7.94. The van der Waals surface area contributed by atoms with Crippen LogP contribution in [-0.2, 0) is 25.9 Å². The zero-order valence-electron chi connectivity index (χ0n) is 17.0. The van der Waals surface area contributed by atoms with E-state index in [0.717, 1.165) is 59.8 Å². The molecule has 1 aromatic heterocycles. The summed E-state index contributed by atoms with van der Waals surface area (Å²) >= 11 is 0. The Labute approximate surface area is 176 Å². The van der Waals surface area contributed by atoms with Crippen molar-refractivity contribution in [1.29, 1.82) is 5.26 Å². The van der Waals surface area contributed by atoms with Gasteiger partial charge in [-0.15, -0.1) is 0 Å². The molecule has 0 spiro atoms. The lowest BCUT2D eigenvalue weighted by Gasteiger charge is -2.31. The Morgan fingerprint density at radius 1 is 1.17 bits per heavy atom. The minimum absolute atomic E-state index is 0.699. The van der Waals surface area contributed by atoms with Crippen LogP contribution in [0.15, 0.2) is 48.8 Å². The summed E-state index contributed by atoms with van der Waals surface area (Å²) < 4.78 is 0. The number of anilines is 2. The zero-order valence-corrected chi connectivity index (χ0v) is 17.0. The molecule has 148 valence electrons. The second-order valence-electron chi connectivity index (χ2n) is 7.94. The lowest BCUT2D eigenvalue weighted by atomic mass is 10.0. The molecule has 2 aromatic carbocycles. The van der Waals surface area contributed by atoms with E-state index in [1.54, 1.807) is 6.33 Å². The summed E-state index contributed by atoms with van der Waals surface area (Å²) in [7, 11) is 0. The maximum Gasteiger partial charge on any atom is 0.134 e. The molecule has 0 atom stereocenters. The average molecular weight is 393 g/mol. The van der Waals surface area contributed by atoms with Crippen molar-refractivity contribution in [3.05, 3.63) is 87.9 Å². The van der Waals surface area contributed by atoms with Crippen LogP contribution in [0.25, 0.3) is 6.08 Å². The molecule has 0 bridgehead atoms. The number of hydrogen-bond donors (Lipinski definition) is 1. The number of allylic oxidation sites excluding steroid dienone is 1. The highest BCUT2D eigenvalue weighted by Gasteiger charge is 2.23. The van der Waals surface area contributed by atoms with Gasteiger partial charge in [0, 0.05) is 31.6 Å². The van der Waals surface area contributed by atoms with Crippen LogP contribution < -0.4 is 10.2 Å². The fourth-order valence-electron chi connectivity index (χ4n) is 4.32. The van der Waals surface area contributed by atoms with E-state index >= 15 is 0 Å². The molecule has 5 rings (SSSR count). The summed E-state index contributed by atoms with van der Waals surface area (Å²) in [6.45, 7) is 4.29. The third-order valence-corrected chi connectivity index (χ3v) is 5.92. The number of aromatic nitrogens is 2. The molecule has 1 aliphatic carbocycles. The Kier molecular flexibility index (Phi) is 4.68. The zero-order chi connectivity index (χ0) is 20.5. The van der Waals surface area contributed by atoms with Crippen molar-refractivity contribution >= 4 is 17.6 Å². The van der Waals surface area contributed by atoms with Gasteiger partial charge in [-0.2, -0.15) is 5.26 Å². The fourth-order valence-corrected chi connectivity index (χ4v) is 4.32. The van der Waals surface area contributed by atoms with Crippen molar-refractivity contribution in [1.82, 2.24) is 9.97 Å². The monoisotopic (exact) mass is 393 g/mol. The number of rotatable bonds is 4. The Morgan fingerprint density at radius 2 is 2.10 bits per heavy atom. The smallest absolute Gasteiger partial charge is 0.134 e. The lowest BCUT2D eigenvalue weighted by Crippen LogP contribution is -2.32. The van der Waals surface area contributed by atoms with Crippen LogP contribution in [0.2, 0.25) is 0 Å². The van der Waals surface area contributed by atoms with Crippen LogP contribution in [0.4, 0.5) is 11.5 Å². The number of fused-ring (bicyclic) bond motifs is 2. The Balaban J connectivity index is 1.38. The molecule has 0 amide bonds. The number of nitriles is 1. The minimum Gasteiger partial charge on any atom is -0.366 e. The average Bonchev–Trinajstić information content (AvgIpc) is 3.25. The van der Waals surface area contributed by atoms with Crippen LogP contribution in [0.5, 0.6) is 0 Å². The van der Waals surface area contributed by atoms with Crippen molar-refractivity contribution in [2.75, 3.05) is 16.8 Å². The highest BCUT2D eigenvalue weighted by Crippen LogP contribution is 2.30. The van der Waals surface area contributed by atoms with Gasteiger partial charge in [-0.25, -0.2) is 9.97 Å². The van der Waals surface area contributed by atoms with Crippen LogP contribution >= 0.6 is 0 Å². The summed E-state index contributed by atoms with van der Waals surface area (Å²) in [5, 5.41) is 13.1. The second kappa shape index (κ2) is 7.64. The van der Waals surface area contributed by atoms with E-state index in [1.807, 2.05) is 19.1 Å². The number of benzene rings is 2. The molecule has 5 heteroatoms. The summed E-state index contributed by atoms with van der Waals surface area (Å²) in [6.07, 6.45) is 7.89. The molecule has 0 radical (unpaired) electrons. The Morgan fingerprint density at radius 3 is 3.00 bits per heavy atom. The van der Waals surface area contributed by atoms with Gasteiger partial charge in [0.15, 0.2) is 0 Å². The molecule has 3 aromatic rings. The van der Waals surface area contributed by atoms with Crippen molar-refractivity contribution < 1.29 is 0 Å². The first-order valence-corrected chi connectivity index (χ1v) is 10.3. The van der Waals surface area contributed by atoms with Gasteiger partial charge in [-0.3, -0.25) is 0 Å². The molecule has 2 aliphatic rings. The van der Waals surface area contributed by atoms with Gasteiger partial charge in [-0.1, -0.05) is 36.4 Å². The van der Waals surface area contributed by atoms with Gasteiger partial charge in [-0.05, 0) is 47.7 Å². The summed E-state index contributed by atoms with van der Waals surface area (Å²) in [5.41, 5.74) is 8.97. The third-order valence-electron chi connectivity index (χ3n) is 5.92. The van der Waals surface area contributed by atoms with Gasteiger partial charge >= 0.3 is 0 Å². The normalized spacial score (nSPS) is 14.2. The minimum atomic E-state index is 0.699. The quantitative estimate of drug-likeness (QED) is 0.712. The van der Waals surface area contributed by atoms with E-state index < -0.39 is 0 Å². The molecule has 0 fully saturated rings. The van der Waals surface area contributed by atoms with Crippen molar-refractivity contribution in [2.24, 2.45) is 0 Å². The predicted octanol–water partition coefficient (Wildman–Crippen LogP) is 4.40. The fraction of sp³-hybridized carbons (Fsp3) is 0.240. The molecular formula is C25H23N5. The topological polar surface area (TPSA) is 64.8 Å². The van der Waals surface area contributed by atoms with Gasteiger partial charge in [0.25, 0.3) is 0 Å². The van der Waals surface area contributed by atoms with E-state index in [0.29, 0.717) is 6.54 Å². The van der Waals surface area contributed by atoms with E-state index in [-0.39, 0.29) is 0 Å². The summed E-state index contributed by atoms with van der Waals surface area (Å²) in [5.74, 6) is 0.883. The Bertz CT molecular complexity index is 1190. The molecule has 30 heavy (non-hydrogen) atoms. The largest absolute Gasteiger partial charge is 0.366 e. The van der Waals surface area contributed by atoms with Gasteiger partial charge in [0.2, 0.25) is 0 Å². The maximum absolute atomic E-state index is 9.58. The SMILES string of the molecule is Cc1ccc(N2CCc3ncnc(NCc4ccc5c(c4)CC=C5)c3C2)c(C#N)c1. The number of aryl methyl sites for hydroxylation is 1. The van der Waals surface area contributed by atoms with Gasteiger partial charge < -0.3 is 10.2 Å². The molecule has 0 unspecified atom stereocenters. The number of nitrogens with one attached hydrogen (secondary N) is 1. The first-order valence-electron chi connectivity index (χ1n) is 10.3. The van der Waals surface area contributed by atoms with E-state index in [4.69, 9.17) is 0 Å². The first-order chi connectivity index (χ1) is 14.7. The van der Waals surface area contributed by atoms with Crippen LogP contribution in [0.3, 0.4) is 0 Å². The van der Waals surface area contributed by atoms with Gasteiger partial charge in [0.1, 0.15) is 18.2 Å². The third kappa shape index (κ3) is 3.42. The van der Waals surface area contributed by atoms with Gasteiger partial charge in [0.05, 0.1) is 16.9 Å². The van der Waals surface area contributed by atoms with Crippen molar-refractivity contribution in [2.45, 2.75) is 32.9 Å². The van der Waals surface area contributed by atoms with Crippen LogP contribution in [0, 0.1) is 18.3 Å².